The van der Waals surface area contributed by atoms with Gasteiger partial charge in [-0.2, -0.15) is 0 Å². The maximum Gasteiger partial charge on any atom is 0.292 e. The highest BCUT2D eigenvalue weighted by molar-refractivity contribution is 6.30. The number of piperidine rings is 1. The number of hydrogen-bond acceptors (Lipinski definition) is 5. The van der Waals surface area contributed by atoms with Crippen LogP contribution in [0.3, 0.4) is 0 Å². The number of aromatic nitrogens is 1. The highest BCUT2D eigenvalue weighted by atomic mass is 35.5. The monoisotopic (exact) mass is 377 g/mol. The van der Waals surface area contributed by atoms with Crippen molar-refractivity contribution in [3.05, 3.63) is 40.6 Å². The lowest BCUT2D eigenvalue weighted by atomic mass is 9.95. The van der Waals surface area contributed by atoms with Crippen LogP contribution in [0.5, 0.6) is 0 Å². The number of halogens is 1. The first-order chi connectivity index (χ1) is 12.4. The molecule has 2 heterocycles. The van der Waals surface area contributed by atoms with E-state index in [9.17, 15) is 14.7 Å². The number of rotatable bonds is 4. The summed E-state index contributed by atoms with van der Waals surface area (Å²) in [7, 11) is 0. The fourth-order valence-corrected chi connectivity index (χ4v) is 3.29. The minimum Gasteiger partial charge on any atom is -0.388 e. The Balaban J connectivity index is 1.87. The van der Waals surface area contributed by atoms with Gasteiger partial charge in [-0.3, -0.25) is 9.59 Å². The van der Waals surface area contributed by atoms with Crippen LogP contribution in [0.4, 0.5) is 0 Å². The highest BCUT2D eigenvalue weighted by Crippen LogP contribution is 2.32. The number of aliphatic hydroxyl groups excluding tert-OH is 1. The van der Waals surface area contributed by atoms with E-state index in [1.54, 1.807) is 36.1 Å². The molecule has 2 amide bonds. The van der Waals surface area contributed by atoms with E-state index in [0.717, 1.165) is 0 Å². The van der Waals surface area contributed by atoms with Gasteiger partial charge in [-0.05, 0) is 31.9 Å². The van der Waals surface area contributed by atoms with E-state index in [1.807, 2.05) is 0 Å². The van der Waals surface area contributed by atoms with Crippen LogP contribution in [-0.4, -0.2) is 40.1 Å². The maximum atomic E-state index is 12.8. The van der Waals surface area contributed by atoms with Crippen molar-refractivity contribution in [3.8, 4) is 11.3 Å². The van der Waals surface area contributed by atoms with Crippen LogP contribution < -0.4 is 5.73 Å². The number of likely N-dealkylation sites (tertiary alicyclic amines) is 1. The molecular formula is C18H20ClN3O4. The lowest BCUT2D eigenvalue weighted by molar-refractivity contribution is -0.123. The fourth-order valence-electron chi connectivity index (χ4n) is 3.17. The molecule has 8 heteroatoms. The standard InChI is InChI=1S/C18H20ClN3O4/c1-10(23)14-15(11-2-4-13(19)5-3-11)21-26-16(14)18(25)22-8-6-12(7-9-22)17(20)24/h2-5,10,12,23H,6-9H2,1H3,(H2,20,24). The van der Waals surface area contributed by atoms with Gasteiger partial charge in [0.25, 0.3) is 5.91 Å². The second-order valence-corrected chi connectivity index (χ2v) is 6.86. The number of hydrogen-bond donors (Lipinski definition) is 2. The molecule has 1 aromatic heterocycles. The van der Waals surface area contributed by atoms with Gasteiger partial charge >= 0.3 is 0 Å². The van der Waals surface area contributed by atoms with Crippen molar-refractivity contribution in [2.24, 2.45) is 11.7 Å². The molecule has 1 atom stereocenters. The number of nitrogens with two attached hydrogens (primary N) is 1. The average molecular weight is 378 g/mol. The second kappa shape index (κ2) is 7.47. The molecule has 3 N–H and O–H groups in total. The Labute approximate surface area is 155 Å². The predicted octanol–water partition coefficient (Wildman–Crippen LogP) is 2.39. The van der Waals surface area contributed by atoms with Crippen LogP contribution in [0.2, 0.25) is 5.02 Å². The quantitative estimate of drug-likeness (QED) is 0.850. The normalized spacial score (nSPS) is 16.5. The van der Waals surface area contributed by atoms with Crippen LogP contribution in [0, 0.1) is 5.92 Å². The van der Waals surface area contributed by atoms with Crippen molar-refractivity contribution >= 4 is 23.4 Å². The van der Waals surface area contributed by atoms with Crippen molar-refractivity contribution in [1.29, 1.82) is 0 Å². The number of carbonyl (C=O) groups is 2. The first kappa shape index (κ1) is 18.4. The molecule has 0 aliphatic carbocycles. The number of amides is 2. The number of benzene rings is 1. The van der Waals surface area contributed by atoms with E-state index < -0.39 is 6.10 Å². The zero-order valence-electron chi connectivity index (χ0n) is 14.3. The Hall–Kier alpha value is -2.38. The Morgan fingerprint density at radius 1 is 1.31 bits per heavy atom. The van der Waals surface area contributed by atoms with Gasteiger partial charge in [-0.1, -0.05) is 28.9 Å². The fraction of sp³-hybridized carbons (Fsp3) is 0.389. The molecule has 0 spiro atoms. The van der Waals surface area contributed by atoms with E-state index >= 15 is 0 Å². The van der Waals surface area contributed by atoms with E-state index in [0.29, 0.717) is 47.8 Å². The van der Waals surface area contributed by atoms with Gasteiger partial charge in [-0.25, -0.2) is 0 Å². The van der Waals surface area contributed by atoms with Crippen LogP contribution >= 0.6 is 11.6 Å². The summed E-state index contributed by atoms with van der Waals surface area (Å²) in [5.41, 5.74) is 6.77. The molecule has 1 aliphatic rings. The molecule has 1 aliphatic heterocycles. The van der Waals surface area contributed by atoms with E-state index in [-0.39, 0.29) is 23.5 Å². The third kappa shape index (κ3) is 3.59. The number of aliphatic hydroxyl groups is 1. The summed E-state index contributed by atoms with van der Waals surface area (Å²) >= 11 is 5.91. The van der Waals surface area contributed by atoms with Gasteiger partial charge in [0.1, 0.15) is 5.69 Å². The molecule has 2 aromatic rings. The predicted molar refractivity (Wildman–Crippen MR) is 95.4 cm³/mol. The lowest BCUT2D eigenvalue weighted by Crippen LogP contribution is -2.41. The van der Waals surface area contributed by atoms with Crippen molar-refractivity contribution in [1.82, 2.24) is 10.1 Å². The maximum absolute atomic E-state index is 12.8. The average Bonchev–Trinajstić information content (AvgIpc) is 3.07. The zero-order valence-corrected chi connectivity index (χ0v) is 15.1. The number of nitrogens with zero attached hydrogens (tertiary/aromatic N) is 2. The molecule has 0 radical (unpaired) electrons. The van der Waals surface area contributed by atoms with E-state index in [4.69, 9.17) is 21.9 Å². The number of primary amides is 1. The van der Waals surface area contributed by atoms with Crippen LogP contribution in [0.25, 0.3) is 11.3 Å². The summed E-state index contributed by atoms with van der Waals surface area (Å²) in [5, 5.41) is 14.8. The summed E-state index contributed by atoms with van der Waals surface area (Å²) in [5.74, 6) is -0.889. The third-order valence-corrected chi connectivity index (χ3v) is 4.89. The van der Waals surface area contributed by atoms with Crippen LogP contribution in [-0.2, 0) is 4.79 Å². The second-order valence-electron chi connectivity index (χ2n) is 6.43. The van der Waals surface area contributed by atoms with Gasteiger partial charge in [-0.15, -0.1) is 0 Å². The van der Waals surface area contributed by atoms with E-state index in [2.05, 4.69) is 5.16 Å². The Bertz CT molecular complexity index is 808. The molecule has 1 saturated heterocycles. The molecule has 0 saturated carbocycles. The first-order valence-corrected chi connectivity index (χ1v) is 8.78. The number of carbonyl (C=O) groups excluding carboxylic acids is 2. The molecule has 3 rings (SSSR count). The zero-order chi connectivity index (χ0) is 18.8. The Kier molecular flexibility index (Phi) is 5.29. The minimum atomic E-state index is -0.936. The molecule has 1 unspecified atom stereocenters. The van der Waals surface area contributed by atoms with Gasteiger partial charge in [0.05, 0.1) is 11.7 Å². The largest absolute Gasteiger partial charge is 0.388 e. The smallest absolute Gasteiger partial charge is 0.292 e. The molecule has 1 aromatic carbocycles. The topological polar surface area (TPSA) is 110 Å². The van der Waals surface area contributed by atoms with Crippen molar-refractivity contribution in [2.45, 2.75) is 25.9 Å². The lowest BCUT2D eigenvalue weighted by Gasteiger charge is -2.30. The Morgan fingerprint density at radius 2 is 1.92 bits per heavy atom. The van der Waals surface area contributed by atoms with Gasteiger partial charge in [0.2, 0.25) is 11.7 Å². The van der Waals surface area contributed by atoms with Crippen molar-refractivity contribution in [3.63, 3.8) is 0 Å². The minimum absolute atomic E-state index is 0.0162. The van der Waals surface area contributed by atoms with E-state index in [1.165, 1.54) is 0 Å². The summed E-state index contributed by atoms with van der Waals surface area (Å²) in [6, 6.07) is 6.90. The molecule has 138 valence electrons. The summed E-state index contributed by atoms with van der Waals surface area (Å²) in [6.07, 6.45) is 0.0982. The highest BCUT2D eigenvalue weighted by Gasteiger charge is 2.32. The molecule has 1 fully saturated rings. The molecule has 26 heavy (non-hydrogen) atoms. The van der Waals surface area contributed by atoms with Crippen LogP contribution in [0.1, 0.15) is 42.0 Å². The van der Waals surface area contributed by atoms with Gasteiger partial charge < -0.3 is 20.3 Å². The van der Waals surface area contributed by atoms with Crippen molar-refractivity contribution < 1.29 is 19.2 Å². The summed E-state index contributed by atoms with van der Waals surface area (Å²) in [4.78, 5) is 25.7. The SMILES string of the molecule is CC(O)c1c(-c2ccc(Cl)cc2)noc1C(=O)N1CCC(C(N)=O)CC1. The molecule has 7 nitrogen and oxygen atoms in total. The van der Waals surface area contributed by atoms with Gasteiger partial charge in [0, 0.05) is 29.6 Å². The molecule has 0 bridgehead atoms. The van der Waals surface area contributed by atoms with Crippen molar-refractivity contribution in [2.75, 3.05) is 13.1 Å². The molecular weight excluding hydrogens is 358 g/mol. The summed E-state index contributed by atoms with van der Waals surface area (Å²) in [6.45, 7) is 2.37. The third-order valence-electron chi connectivity index (χ3n) is 4.64. The van der Waals surface area contributed by atoms with Gasteiger partial charge in [0.15, 0.2) is 0 Å². The Morgan fingerprint density at radius 3 is 2.46 bits per heavy atom. The summed E-state index contributed by atoms with van der Waals surface area (Å²) < 4.78 is 5.31. The van der Waals surface area contributed by atoms with Crippen LogP contribution in [0.15, 0.2) is 28.8 Å². The first-order valence-electron chi connectivity index (χ1n) is 8.40.